The minimum atomic E-state index is 0.0374. The number of hydrogen-bond donors (Lipinski definition) is 1. The van der Waals surface area contributed by atoms with Gasteiger partial charge in [0.05, 0.1) is 0 Å². The van der Waals surface area contributed by atoms with Gasteiger partial charge in [0.15, 0.2) is 0 Å². The van der Waals surface area contributed by atoms with Crippen LogP contribution in [0.2, 0.25) is 0 Å². The average molecular weight is 322 g/mol. The van der Waals surface area contributed by atoms with E-state index < -0.39 is 0 Å². The standard InChI is InChI=1S/C17H18N6O/c1-11-18-7-6-14(19-11)13-3-2-8-23(10-13)17(24)12-4-5-15-16(9-12)21-22-20-15/h4-7,9,13H,2-3,8,10H2,1H3,(H,20,21,22)/t13-/m1/s1. The van der Waals surface area contributed by atoms with Crippen molar-refractivity contribution in [3.8, 4) is 0 Å². The molecule has 0 radical (unpaired) electrons. The number of amides is 1. The number of nitrogens with one attached hydrogen (secondary N) is 1. The third-order valence-corrected chi connectivity index (χ3v) is 4.49. The van der Waals surface area contributed by atoms with E-state index in [2.05, 4.69) is 25.4 Å². The molecule has 3 aromatic rings. The molecule has 1 fully saturated rings. The average Bonchev–Trinajstić information content (AvgIpc) is 3.09. The lowest BCUT2D eigenvalue weighted by atomic mass is 9.94. The smallest absolute Gasteiger partial charge is 0.253 e. The highest BCUT2D eigenvalue weighted by Crippen LogP contribution is 2.26. The Labute approximate surface area is 139 Å². The SMILES string of the molecule is Cc1nccc([C@@H]2CCCN(C(=O)c3ccc4n[nH]nc4c3)C2)n1. The van der Waals surface area contributed by atoms with Crippen LogP contribution in [0.5, 0.6) is 0 Å². The number of nitrogens with zero attached hydrogens (tertiary/aromatic N) is 5. The summed E-state index contributed by atoms with van der Waals surface area (Å²) in [5.74, 6) is 1.07. The van der Waals surface area contributed by atoms with E-state index in [4.69, 9.17) is 0 Å². The number of aromatic nitrogens is 5. The highest BCUT2D eigenvalue weighted by molar-refractivity contribution is 5.97. The minimum Gasteiger partial charge on any atom is -0.338 e. The summed E-state index contributed by atoms with van der Waals surface area (Å²) in [7, 11) is 0. The van der Waals surface area contributed by atoms with Crippen LogP contribution >= 0.6 is 0 Å². The molecule has 24 heavy (non-hydrogen) atoms. The van der Waals surface area contributed by atoms with E-state index in [1.165, 1.54) is 0 Å². The Bertz CT molecular complexity index is 889. The second kappa shape index (κ2) is 5.99. The summed E-state index contributed by atoms with van der Waals surface area (Å²) >= 11 is 0. The fraction of sp³-hybridized carbons (Fsp3) is 0.353. The minimum absolute atomic E-state index is 0.0374. The maximum absolute atomic E-state index is 12.8. The number of carbonyl (C=O) groups is 1. The Morgan fingerprint density at radius 3 is 3.00 bits per heavy atom. The van der Waals surface area contributed by atoms with Crippen molar-refractivity contribution >= 4 is 16.9 Å². The number of H-pyrrole nitrogens is 1. The van der Waals surface area contributed by atoms with E-state index in [0.717, 1.165) is 36.4 Å². The van der Waals surface area contributed by atoms with Crippen molar-refractivity contribution in [2.45, 2.75) is 25.7 Å². The first-order chi connectivity index (χ1) is 11.7. The highest BCUT2D eigenvalue weighted by Gasteiger charge is 2.26. The zero-order valence-electron chi connectivity index (χ0n) is 13.4. The number of aromatic amines is 1. The Balaban J connectivity index is 1.55. The zero-order chi connectivity index (χ0) is 16.5. The van der Waals surface area contributed by atoms with Gasteiger partial charge in [-0.3, -0.25) is 4.79 Å². The normalized spacial score (nSPS) is 18.0. The molecule has 2 aromatic heterocycles. The number of aryl methyl sites for hydroxylation is 1. The first kappa shape index (κ1) is 14.7. The maximum atomic E-state index is 12.8. The summed E-state index contributed by atoms with van der Waals surface area (Å²) < 4.78 is 0. The van der Waals surface area contributed by atoms with Gasteiger partial charge in [-0.15, -0.1) is 0 Å². The van der Waals surface area contributed by atoms with Crippen molar-refractivity contribution < 1.29 is 4.79 Å². The van der Waals surface area contributed by atoms with Gasteiger partial charge in [-0.25, -0.2) is 9.97 Å². The monoisotopic (exact) mass is 322 g/mol. The molecule has 1 atom stereocenters. The summed E-state index contributed by atoms with van der Waals surface area (Å²) in [6, 6.07) is 7.37. The van der Waals surface area contributed by atoms with E-state index in [9.17, 15) is 4.79 Å². The fourth-order valence-corrected chi connectivity index (χ4v) is 3.26. The lowest BCUT2D eigenvalue weighted by molar-refractivity contribution is 0.0706. The quantitative estimate of drug-likeness (QED) is 0.780. The third kappa shape index (κ3) is 2.73. The molecule has 1 saturated heterocycles. The molecule has 0 spiro atoms. The van der Waals surface area contributed by atoms with Crippen LogP contribution in [0.4, 0.5) is 0 Å². The molecule has 0 unspecified atom stereocenters. The first-order valence-corrected chi connectivity index (χ1v) is 8.10. The van der Waals surface area contributed by atoms with Crippen LogP contribution in [-0.4, -0.2) is 49.3 Å². The number of piperidine rings is 1. The molecule has 1 N–H and O–H groups in total. The predicted molar refractivity (Wildman–Crippen MR) is 88.5 cm³/mol. The highest BCUT2D eigenvalue weighted by atomic mass is 16.2. The van der Waals surface area contributed by atoms with Gasteiger partial charge in [0.1, 0.15) is 16.9 Å². The molecular weight excluding hydrogens is 304 g/mol. The van der Waals surface area contributed by atoms with E-state index in [1.807, 2.05) is 30.0 Å². The Hall–Kier alpha value is -2.83. The van der Waals surface area contributed by atoms with Crippen molar-refractivity contribution in [1.82, 2.24) is 30.3 Å². The van der Waals surface area contributed by atoms with Crippen molar-refractivity contribution in [3.05, 3.63) is 47.5 Å². The molecule has 4 rings (SSSR count). The largest absolute Gasteiger partial charge is 0.338 e. The molecule has 0 aliphatic carbocycles. The Morgan fingerprint density at radius 1 is 1.25 bits per heavy atom. The molecule has 1 aromatic carbocycles. The maximum Gasteiger partial charge on any atom is 0.253 e. The number of benzene rings is 1. The van der Waals surface area contributed by atoms with Gasteiger partial charge < -0.3 is 4.90 Å². The summed E-state index contributed by atoms with van der Waals surface area (Å²) in [5.41, 5.74) is 3.14. The second-order valence-corrected chi connectivity index (χ2v) is 6.15. The van der Waals surface area contributed by atoms with Crippen molar-refractivity contribution in [2.24, 2.45) is 0 Å². The van der Waals surface area contributed by atoms with E-state index >= 15 is 0 Å². The van der Waals surface area contributed by atoms with Gasteiger partial charge in [-0.1, -0.05) is 0 Å². The summed E-state index contributed by atoms with van der Waals surface area (Å²) in [6.45, 7) is 3.35. The molecule has 7 heteroatoms. The zero-order valence-corrected chi connectivity index (χ0v) is 13.4. The van der Waals surface area contributed by atoms with Crippen molar-refractivity contribution in [1.29, 1.82) is 0 Å². The molecule has 7 nitrogen and oxygen atoms in total. The van der Waals surface area contributed by atoms with E-state index in [0.29, 0.717) is 17.6 Å². The van der Waals surface area contributed by atoms with Gasteiger partial charge >= 0.3 is 0 Å². The third-order valence-electron chi connectivity index (χ3n) is 4.49. The van der Waals surface area contributed by atoms with Crippen LogP contribution in [0, 0.1) is 6.92 Å². The molecule has 0 bridgehead atoms. The van der Waals surface area contributed by atoms with Crippen LogP contribution in [0.15, 0.2) is 30.5 Å². The van der Waals surface area contributed by atoms with Crippen LogP contribution in [0.1, 0.15) is 40.6 Å². The van der Waals surface area contributed by atoms with Crippen LogP contribution in [0.3, 0.4) is 0 Å². The van der Waals surface area contributed by atoms with Gasteiger partial charge in [0, 0.05) is 36.5 Å². The molecule has 1 aliphatic rings. The lowest BCUT2D eigenvalue weighted by Crippen LogP contribution is -2.39. The van der Waals surface area contributed by atoms with E-state index in [1.54, 1.807) is 12.3 Å². The van der Waals surface area contributed by atoms with Gasteiger partial charge in [0.2, 0.25) is 0 Å². The number of fused-ring (bicyclic) bond motifs is 1. The predicted octanol–water partition coefficient (Wildman–Crippen LogP) is 2.08. The second-order valence-electron chi connectivity index (χ2n) is 6.15. The van der Waals surface area contributed by atoms with Crippen LogP contribution in [0.25, 0.3) is 11.0 Å². The molecular formula is C17H18N6O. The fourth-order valence-electron chi connectivity index (χ4n) is 3.26. The Morgan fingerprint density at radius 2 is 2.12 bits per heavy atom. The molecule has 3 heterocycles. The van der Waals surface area contributed by atoms with Gasteiger partial charge in [-0.2, -0.15) is 15.4 Å². The van der Waals surface area contributed by atoms with Crippen LogP contribution in [-0.2, 0) is 0 Å². The summed E-state index contributed by atoms with van der Waals surface area (Å²) in [4.78, 5) is 23.4. The first-order valence-electron chi connectivity index (χ1n) is 8.10. The molecule has 1 aliphatic heterocycles. The van der Waals surface area contributed by atoms with Crippen molar-refractivity contribution in [2.75, 3.05) is 13.1 Å². The number of carbonyl (C=O) groups excluding carboxylic acids is 1. The summed E-state index contributed by atoms with van der Waals surface area (Å²) in [6.07, 6.45) is 3.81. The van der Waals surface area contributed by atoms with E-state index in [-0.39, 0.29) is 11.8 Å². The van der Waals surface area contributed by atoms with Gasteiger partial charge in [0.25, 0.3) is 5.91 Å². The lowest BCUT2D eigenvalue weighted by Gasteiger charge is -2.32. The van der Waals surface area contributed by atoms with Crippen molar-refractivity contribution in [3.63, 3.8) is 0 Å². The molecule has 0 saturated carbocycles. The Kier molecular flexibility index (Phi) is 3.68. The summed E-state index contributed by atoms with van der Waals surface area (Å²) in [5, 5.41) is 10.6. The number of rotatable bonds is 2. The van der Waals surface area contributed by atoms with Gasteiger partial charge in [-0.05, 0) is 44.0 Å². The topological polar surface area (TPSA) is 87.7 Å². The number of hydrogen-bond acceptors (Lipinski definition) is 5. The molecule has 122 valence electrons. The van der Waals surface area contributed by atoms with Crippen LogP contribution < -0.4 is 0 Å². The number of likely N-dealkylation sites (tertiary alicyclic amines) is 1. The molecule has 1 amide bonds.